The Morgan fingerprint density at radius 1 is 1.33 bits per heavy atom. The standard InChI is InChI=1S/C18H26N2O/c1-4-17(2,3)14-8-10-18(11-9-14)13-16(20-21-18)15-7-5-6-12-19-15/h5-7,12-14,20H,4,8-11H2,1-3H3. The highest BCUT2D eigenvalue weighted by Gasteiger charge is 2.42. The van der Waals surface area contributed by atoms with Gasteiger partial charge in [0.05, 0.1) is 11.4 Å². The lowest BCUT2D eigenvalue weighted by Gasteiger charge is -2.41. The monoisotopic (exact) mass is 286 g/mol. The fourth-order valence-electron chi connectivity index (χ4n) is 3.55. The van der Waals surface area contributed by atoms with Gasteiger partial charge in [0.1, 0.15) is 5.60 Å². The van der Waals surface area contributed by atoms with E-state index in [2.05, 4.69) is 37.3 Å². The molecule has 1 N–H and O–H groups in total. The summed E-state index contributed by atoms with van der Waals surface area (Å²) < 4.78 is 0. The summed E-state index contributed by atoms with van der Waals surface area (Å²) >= 11 is 0. The van der Waals surface area contributed by atoms with Gasteiger partial charge in [0.25, 0.3) is 0 Å². The van der Waals surface area contributed by atoms with Crippen molar-refractivity contribution in [2.24, 2.45) is 11.3 Å². The summed E-state index contributed by atoms with van der Waals surface area (Å²) in [5.41, 5.74) is 5.41. The van der Waals surface area contributed by atoms with Crippen LogP contribution >= 0.6 is 0 Å². The minimum Gasteiger partial charge on any atom is -0.265 e. The van der Waals surface area contributed by atoms with Crippen molar-refractivity contribution in [1.29, 1.82) is 0 Å². The van der Waals surface area contributed by atoms with E-state index in [1.165, 1.54) is 19.3 Å². The highest BCUT2D eigenvalue weighted by Crippen LogP contribution is 2.46. The second-order valence-electron chi connectivity index (χ2n) is 7.16. The minimum atomic E-state index is -0.118. The van der Waals surface area contributed by atoms with E-state index in [9.17, 15) is 0 Å². The van der Waals surface area contributed by atoms with Gasteiger partial charge in [-0.2, -0.15) is 0 Å². The lowest BCUT2D eigenvalue weighted by atomic mass is 9.66. The molecule has 1 aromatic rings. The van der Waals surface area contributed by atoms with Gasteiger partial charge in [0.15, 0.2) is 0 Å². The van der Waals surface area contributed by atoms with Crippen molar-refractivity contribution in [2.45, 2.75) is 58.5 Å². The summed E-state index contributed by atoms with van der Waals surface area (Å²) in [6.45, 7) is 7.11. The topological polar surface area (TPSA) is 34.2 Å². The average Bonchev–Trinajstić information content (AvgIpc) is 2.92. The second-order valence-corrected chi connectivity index (χ2v) is 7.16. The van der Waals surface area contributed by atoms with Gasteiger partial charge in [0.2, 0.25) is 0 Å². The van der Waals surface area contributed by atoms with Crippen LogP contribution in [0.5, 0.6) is 0 Å². The molecule has 0 bridgehead atoms. The third kappa shape index (κ3) is 2.84. The zero-order valence-corrected chi connectivity index (χ0v) is 13.4. The third-order valence-electron chi connectivity index (χ3n) is 5.56. The zero-order chi connectivity index (χ0) is 14.9. The first-order valence-electron chi connectivity index (χ1n) is 8.13. The van der Waals surface area contributed by atoms with Crippen LogP contribution in [0, 0.1) is 11.3 Å². The van der Waals surface area contributed by atoms with Crippen molar-refractivity contribution in [3.8, 4) is 0 Å². The van der Waals surface area contributed by atoms with Crippen LogP contribution in [0.4, 0.5) is 0 Å². The van der Waals surface area contributed by atoms with Crippen LogP contribution in [0.3, 0.4) is 0 Å². The second kappa shape index (κ2) is 5.45. The fraction of sp³-hybridized carbons (Fsp3) is 0.611. The SMILES string of the molecule is CCC(C)(C)C1CCC2(C=C(c3ccccn3)NO2)CC1. The van der Waals surface area contributed by atoms with E-state index >= 15 is 0 Å². The van der Waals surface area contributed by atoms with Crippen molar-refractivity contribution >= 4 is 5.70 Å². The van der Waals surface area contributed by atoms with Crippen LogP contribution in [0.1, 0.15) is 58.6 Å². The molecule has 1 aromatic heterocycles. The highest BCUT2D eigenvalue weighted by molar-refractivity contribution is 5.62. The number of aromatic nitrogens is 1. The van der Waals surface area contributed by atoms with Crippen LogP contribution in [-0.4, -0.2) is 10.6 Å². The van der Waals surface area contributed by atoms with Gasteiger partial charge >= 0.3 is 0 Å². The van der Waals surface area contributed by atoms with E-state index in [4.69, 9.17) is 4.84 Å². The average molecular weight is 286 g/mol. The van der Waals surface area contributed by atoms with Crippen LogP contribution in [0.15, 0.2) is 30.5 Å². The van der Waals surface area contributed by atoms with Crippen LogP contribution in [0.25, 0.3) is 5.70 Å². The van der Waals surface area contributed by atoms with Crippen molar-refractivity contribution in [2.75, 3.05) is 0 Å². The van der Waals surface area contributed by atoms with Crippen molar-refractivity contribution in [3.63, 3.8) is 0 Å². The van der Waals surface area contributed by atoms with Gasteiger partial charge < -0.3 is 0 Å². The number of nitrogens with zero attached hydrogens (tertiary/aromatic N) is 1. The molecule has 2 heterocycles. The lowest BCUT2D eigenvalue weighted by Crippen LogP contribution is -2.38. The van der Waals surface area contributed by atoms with Gasteiger partial charge in [-0.25, -0.2) is 0 Å². The number of hydroxylamine groups is 1. The molecule has 1 aliphatic heterocycles. The largest absolute Gasteiger partial charge is 0.265 e. The van der Waals surface area contributed by atoms with Gasteiger partial charge in [-0.1, -0.05) is 33.3 Å². The predicted octanol–water partition coefficient (Wildman–Crippen LogP) is 4.32. The Bertz CT molecular complexity index is 513. The maximum atomic E-state index is 5.96. The molecule has 3 nitrogen and oxygen atoms in total. The Hall–Kier alpha value is -1.35. The molecule has 3 rings (SSSR count). The molecule has 1 fully saturated rings. The Labute approximate surface area is 127 Å². The number of rotatable bonds is 3. The van der Waals surface area contributed by atoms with Crippen molar-refractivity contribution < 1.29 is 4.84 Å². The summed E-state index contributed by atoms with van der Waals surface area (Å²) in [6, 6.07) is 5.97. The van der Waals surface area contributed by atoms with E-state index in [1.807, 2.05) is 24.4 Å². The molecule has 114 valence electrons. The molecule has 0 saturated heterocycles. The van der Waals surface area contributed by atoms with Crippen LogP contribution < -0.4 is 5.48 Å². The van der Waals surface area contributed by atoms with E-state index in [0.29, 0.717) is 5.41 Å². The molecule has 0 radical (unpaired) electrons. The Kier molecular flexibility index (Phi) is 3.78. The van der Waals surface area contributed by atoms with E-state index in [0.717, 1.165) is 30.2 Å². The molecule has 1 spiro atoms. The molecule has 0 atom stereocenters. The predicted molar refractivity (Wildman–Crippen MR) is 85.2 cm³/mol. The maximum Gasteiger partial charge on any atom is 0.116 e. The minimum absolute atomic E-state index is 0.118. The summed E-state index contributed by atoms with van der Waals surface area (Å²) in [5, 5.41) is 0. The number of hydrogen-bond acceptors (Lipinski definition) is 3. The van der Waals surface area contributed by atoms with Crippen molar-refractivity contribution in [1.82, 2.24) is 10.5 Å². The molecule has 1 aliphatic carbocycles. The molecule has 21 heavy (non-hydrogen) atoms. The van der Waals surface area contributed by atoms with E-state index in [-0.39, 0.29) is 5.60 Å². The molecule has 0 unspecified atom stereocenters. The molecular formula is C18H26N2O. The highest BCUT2D eigenvalue weighted by atomic mass is 16.7. The first-order valence-corrected chi connectivity index (χ1v) is 8.13. The van der Waals surface area contributed by atoms with Gasteiger partial charge in [0, 0.05) is 6.20 Å². The van der Waals surface area contributed by atoms with Gasteiger partial charge in [-0.3, -0.25) is 15.3 Å². The number of pyridine rings is 1. The van der Waals surface area contributed by atoms with Gasteiger partial charge in [-0.05, 0) is 55.2 Å². The zero-order valence-electron chi connectivity index (χ0n) is 13.4. The summed E-state index contributed by atoms with van der Waals surface area (Å²) in [4.78, 5) is 10.4. The molecule has 1 saturated carbocycles. The van der Waals surface area contributed by atoms with E-state index in [1.54, 1.807) is 0 Å². The molecular weight excluding hydrogens is 260 g/mol. The normalized spacial score (nSPS) is 29.3. The number of hydrogen-bond donors (Lipinski definition) is 1. The molecule has 0 amide bonds. The fourth-order valence-corrected chi connectivity index (χ4v) is 3.55. The molecule has 3 heteroatoms. The Morgan fingerprint density at radius 3 is 2.71 bits per heavy atom. The van der Waals surface area contributed by atoms with E-state index < -0.39 is 0 Å². The summed E-state index contributed by atoms with van der Waals surface area (Å²) in [7, 11) is 0. The molecule has 0 aromatic carbocycles. The number of nitrogens with one attached hydrogen (secondary N) is 1. The van der Waals surface area contributed by atoms with Crippen LogP contribution in [0.2, 0.25) is 0 Å². The molecule has 2 aliphatic rings. The first-order chi connectivity index (χ1) is 10.0. The Balaban J connectivity index is 1.70. The lowest BCUT2D eigenvalue weighted by molar-refractivity contribution is -0.0730. The Morgan fingerprint density at radius 2 is 2.10 bits per heavy atom. The maximum absolute atomic E-state index is 5.96. The van der Waals surface area contributed by atoms with Gasteiger partial charge in [-0.15, -0.1) is 0 Å². The summed E-state index contributed by atoms with van der Waals surface area (Å²) in [5.74, 6) is 0.809. The smallest absolute Gasteiger partial charge is 0.116 e. The van der Waals surface area contributed by atoms with Crippen molar-refractivity contribution in [3.05, 3.63) is 36.2 Å². The van der Waals surface area contributed by atoms with Crippen LogP contribution in [-0.2, 0) is 4.84 Å². The first kappa shape index (κ1) is 14.6. The third-order valence-corrected chi connectivity index (χ3v) is 5.56. The summed E-state index contributed by atoms with van der Waals surface area (Å²) in [6.07, 6.45) is 10.0. The quantitative estimate of drug-likeness (QED) is 0.898.